The first-order valence-corrected chi connectivity index (χ1v) is 7.56. The van der Waals surface area contributed by atoms with Crippen molar-refractivity contribution in [2.45, 2.75) is 32.1 Å². The number of carboxylic acids is 1. The van der Waals surface area contributed by atoms with Crippen LogP contribution < -0.4 is 0 Å². The van der Waals surface area contributed by atoms with Crippen molar-refractivity contribution in [3.8, 4) is 5.75 Å². The maximum Gasteiger partial charge on any atom is 0.335 e. The zero-order valence-corrected chi connectivity index (χ0v) is 13.2. The summed E-state index contributed by atoms with van der Waals surface area (Å²) in [5.74, 6) is -1.30. The lowest BCUT2D eigenvalue weighted by molar-refractivity contribution is -0.119. The normalized spacial score (nSPS) is 13.3. The molecule has 120 valence electrons. The van der Waals surface area contributed by atoms with Crippen molar-refractivity contribution in [3.05, 3.63) is 65.2 Å². The smallest absolute Gasteiger partial charge is 0.335 e. The summed E-state index contributed by atoms with van der Waals surface area (Å²) in [6.45, 7) is 3.52. The first kappa shape index (κ1) is 16.7. The molecule has 0 aromatic heterocycles. The average Bonchev–Trinajstić information content (AvgIpc) is 2.53. The Hall–Kier alpha value is -2.62. The SMILES string of the molecule is CC[C@@H](c1cccc(C(=O)O)c1)[C@@H](C(C)=O)c1ccc(O)cc1. The van der Waals surface area contributed by atoms with E-state index in [1.165, 1.54) is 0 Å². The molecule has 0 bridgehead atoms. The second kappa shape index (κ2) is 7.09. The summed E-state index contributed by atoms with van der Waals surface area (Å²) in [7, 11) is 0. The second-order valence-electron chi connectivity index (χ2n) is 5.63. The standard InChI is InChI=1S/C19H20O4/c1-3-17(14-5-4-6-15(11-14)19(22)23)18(12(2)20)13-7-9-16(21)10-8-13/h4-11,17-18,21H,3H2,1-2H3,(H,22,23)/t17-,18-/m0/s1. The third-order valence-electron chi connectivity index (χ3n) is 4.09. The highest BCUT2D eigenvalue weighted by molar-refractivity contribution is 5.88. The number of phenols is 1. The number of phenolic OH excluding ortho intramolecular Hbond substituents is 1. The molecule has 2 aromatic carbocycles. The van der Waals surface area contributed by atoms with E-state index in [9.17, 15) is 14.7 Å². The van der Waals surface area contributed by atoms with E-state index in [1.54, 1.807) is 49.4 Å². The summed E-state index contributed by atoms with van der Waals surface area (Å²) < 4.78 is 0. The molecule has 0 saturated carbocycles. The zero-order chi connectivity index (χ0) is 17.0. The van der Waals surface area contributed by atoms with E-state index in [-0.39, 0.29) is 28.9 Å². The van der Waals surface area contributed by atoms with Crippen LogP contribution in [0, 0.1) is 0 Å². The van der Waals surface area contributed by atoms with E-state index in [0.717, 1.165) is 11.1 Å². The van der Waals surface area contributed by atoms with E-state index in [4.69, 9.17) is 5.11 Å². The van der Waals surface area contributed by atoms with Crippen molar-refractivity contribution >= 4 is 11.8 Å². The van der Waals surface area contributed by atoms with E-state index in [1.807, 2.05) is 13.0 Å². The molecule has 2 rings (SSSR count). The molecule has 0 aliphatic carbocycles. The molecule has 4 nitrogen and oxygen atoms in total. The van der Waals surface area contributed by atoms with Crippen molar-refractivity contribution in [1.29, 1.82) is 0 Å². The number of ketones is 1. The Kier molecular flexibility index (Phi) is 5.16. The van der Waals surface area contributed by atoms with Crippen LogP contribution >= 0.6 is 0 Å². The van der Waals surface area contributed by atoms with Crippen LogP contribution in [-0.2, 0) is 4.79 Å². The first-order valence-electron chi connectivity index (χ1n) is 7.56. The largest absolute Gasteiger partial charge is 0.508 e. The molecule has 2 aromatic rings. The third-order valence-corrected chi connectivity index (χ3v) is 4.09. The topological polar surface area (TPSA) is 74.6 Å². The summed E-state index contributed by atoms with van der Waals surface area (Å²) in [4.78, 5) is 23.4. The van der Waals surface area contributed by atoms with Gasteiger partial charge in [-0.1, -0.05) is 31.2 Å². The molecule has 0 radical (unpaired) electrons. The predicted octanol–water partition coefficient (Wildman–Crippen LogP) is 3.96. The molecule has 0 unspecified atom stereocenters. The number of Topliss-reactive ketones (excluding diaryl/α,β-unsaturated/α-hetero) is 1. The van der Waals surface area contributed by atoms with Gasteiger partial charge >= 0.3 is 5.97 Å². The van der Waals surface area contributed by atoms with Crippen LogP contribution in [0.2, 0.25) is 0 Å². The Morgan fingerprint density at radius 1 is 1.04 bits per heavy atom. The molecule has 0 saturated heterocycles. The Morgan fingerprint density at radius 3 is 2.22 bits per heavy atom. The van der Waals surface area contributed by atoms with Crippen LogP contribution in [0.5, 0.6) is 5.75 Å². The molecule has 0 spiro atoms. The number of aromatic hydroxyl groups is 1. The van der Waals surface area contributed by atoms with Crippen molar-refractivity contribution in [1.82, 2.24) is 0 Å². The molecular formula is C19H20O4. The number of aromatic carboxylic acids is 1. The third kappa shape index (κ3) is 3.77. The van der Waals surface area contributed by atoms with E-state index >= 15 is 0 Å². The number of benzene rings is 2. The van der Waals surface area contributed by atoms with Gasteiger partial charge in [-0.2, -0.15) is 0 Å². The molecule has 0 amide bonds. The van der Waals surface area contributed by atoms with Gasteiger partial charge in [0.2, 0.25) is 0 Å². The number of carboxylic acid groups (broad SMARTS) is 1. The van der Waals surface area contributed by atoms with Crippen molar-refractivity contribution < 1.29 is 19.8 Å². The van der Waals surface area contributed by atoms with Gasteiger partial charge in [0.25, 0.3) is 0 Å². The molecular weight excluding hydrogens is 292 g/mol. The summed E-state index contributed by atoms with van der Waals surface area (Å²) >= 11 is 0. The summed E-state index contributed by atoms with van der Waals surface area (Å²) in [6.07, 6.45) is 0.703. The van der Waals surface area contributed by atoms with Gasteiger partial charge in [0.05, 0.1) is 5.56 Å². The summed E-state index contributed by atoms with van der Waals surface area (Å²) in [5, 5.41) is 18.6. The van der Waals surface area contributed by atoms with Crippen LogP contribution in [0.1, 0.15) is 53.6 Å². The number of carbonyl (C=O) groups excluding carboxylic acids is 1. The number of hydrogen-bond donors (Lipinski definition) is 2. The number of carbonyl (C=O) groups is 2. The summed E-state index contributed by atoms with van der Waals surface area (Å²) in [6, 6.07) is 13.3. The van der Waals surface area contributed by atoms with E-state index in [2.05, 4.69) is 0 Å². The maximum atomic E-state index is 12.2. The maximum absolute atomic E-state index is 12.2. The Labute approximate surface area is 135 Å². The monoisotopic (exact) mass is 312 g/mol. The fraction of sp³-hybridized carbons (Fsp3) is 0.263. The lowest BCUT2D eigenvalue weighted by Gasteiger charge is -2.25. The van der Waals surface area contributed by atoms with Crippen LogP contribution in [0.15, 0.2) is 48.5 Å². The zero-order valence-electron chi connectivity index (χ0n) is 13.2. The van der Waals surface area contributed by atoms with Crippen LogP contribution in [0.4, 0.5) is 0 Å². The Morgan fingerprint density at radius 2 is 1.70 bits per heavy atom. The highest BCUT2D eigenvalue weighted by atomic mass is 16.4. The minimum atomic E-state index is -0.981. The minimum Gasteiger partial charge on any atom is -0.508 e. The lowest BCUT2D eigenvalue weighted by atomic mass is 9.77. The van der Waals surface area contributed by atoms with Crippen LogP contribution in [0.25, 0.3) is 0 Å². The van der Waals surface area contributed by atoms with Crippen LogP contribution in [-0.4, -0.2) is 22.0 Å². The van der Waals surface area contributed by atoms with Gasteiger partial charge in [-0.15, -0.1) is 0 Å². The van der Waals surface area contributed by atoms with E-state index < -0.39 is 5.97 Å². The van der Waals surface area contributed by atoms with Crippen LogP contribution in [0.3, 0.4) is 0 Å². The fourth-order valence-electron chi connectivity index (χ4n) is 3.00. The molecule has 2 N–H and O–H groups in total. The molecule has 0 heterocycles. The highest BCUT2D eigenvalue weighted by Crippen LogP contribution is 2.37. The molecule has 0 aliphatic heterocycles. The molecule has 23 heavy (non-hydrogen) atoms. The number of hydrogen-bond acceptors (Lipinski definition) is 3. The van der Waals surface area contributed by atoms with Crippen molar-refractivity contribution in [2.75, 3.05) is 0 Å². The summed E-state index contributed by atoms with van der Waals surface area (Å²) in [5.41, 5.74) is 1.87. The second-order valence-corrected chi connectivity index (χ2v) is 5.63. The van der Waals surface area contributed by atoms with Crippen molar-refractivity contribution in [3.63, 3.8) is 0 Å². The Bertz CT molecular complexity index is 704. The quantitative estimate of drug-likeness (QED) is 0.846. The van der Waals surface area contributed by atoms with Gasteiger partial charge in [-0.05, 0) is 54.7 Å². The molecule has 0 aliphatic rings. The van der Waals surface area contributed by atoms with Gasteiger partial charge in [-0.3, -0.25) is 4.79 Å². The number of rotatable bonds is 6. The highest BCUT2D eigenvalue weighted by Gasteiger charge is 2.27. The van der Waals surface area contributed by atoms with Gasteiger partial charge in [-0.25, -0.2) is 4.79 Å². The molecule has 2 atom stereocenters. The molecule has 0 fully saturated rings. The van der Waals surface area contributed by atoms with Crippen molar-refractivity contribution in [2.24, 2.45) is 0 Å². The van der Waals surface area contributed by atoms with Gasteiger partial charge in [0, 0.05) is 5.92 Å². The van der Waals surface area contributed by atoms with Gasteiger partial charge in [0.15, 0.2) is 0 Å². The van der Waals surface area contributed by atoms with E-state index in [0.29, 0.717) is 6.42 Å². The minimum absolute atomic E-state index is 0.0169. The Balaban J connectivity index is 2.47. The fourth-order valence-corrected chi connectivity index (χ4v) is 3.00. The lowest BCUT2D eigenvalue weighted by Crippen LogP contribution is -2.18. The van der Waals surface area contributed by atoms with Gasteiger partial charge in [0.1, 0.15) is 11.5 Å². The molecule has 4 heteroatoms. The predicted molar refractivity (Wildman–Crippen MR) is 88.0 cm³/mol. The average molecular weight is 312 g/mol. The first-order chi connectivity index (χ1) is 10.9. The van der Waals surface area contributed by atoms with Gasteiger partial charge < -0.3 is 10.2 Å².